The average Bonchev–Trinajstić information content (AvgIpc) is 2.26. The van der Waals surface area contributed by atoms with E-state index in [1.54, 1.807) is 6.92 Å². The molecule has 0 N–H and O–H groups in total. The summed E-state index contributed by atoms with van der Waals surface area (Å²) in [6, 6.07) is 0. The van der Waals surface area contributed by atoms with Crippen LogP contribution in [0.15, 0.2) is 0 Å². The molecule has 4 nitrogen and oxygen atoms in total. The minimum Gasteiger partial charge on any atom is -0.550 e. The molecule has 0 rings (SSSR count). The predicted molar refractivity (Wildman–Crippen MR) is 55.9 cm³/mol. The molecule has 2 unspecified atom stereocenters. The van der Waals surface area contributed by atoms with E-state index in [1.165, 1.54) is 7.11 Å². The second kappa shape index (κ2) is 13.1. The minimum absolute atomic E-state index is 0. The number of esters is 1. The van der Waals surface area contributed by atoms with E-state index in [0.717, 1.165) is 6.42 Å². The van der Waals surface area contributed by atoms with Crippen molar-refractivity contribution in [1.29, 1.82) is 0 Å². The van der Waals surface area contributed by atoms with Gasteiger partial charge in [-0.1, -0.05) is 27.7 Å². The zero-order valence-electron chi connectivity index (χ0n) is 10.8. The van der Waals surface area contributed by atoms with Crippen molar-refractivity contribution in [2.75, 3.05) is 7.11 Å². The Kier molecular flexibility index (Phi) is 17.5. The maximum atomic E-state index is 10.5. The molecule has 0 heterocycles. The number of carboxylic acid groups (broad SMARTS) is 1. The summed E-state index contributed by atoms with van der Waals surface area (Å²) >= 11 is 0. The predicted octanol–water partition coefficient (Wildman–Crippen LogP) is 0.985. The fourth-order valence-corrected chi connectivity index (χ4v) is 0.535. The van der Waals surface area contributed by atoms with Gasteiger partial charge < -0.3 is 14.6 Å². The fraction of sp³-hybridized carbons (Fsp3) is 0.818. The molecular formula is C11H21O4Y-. The molecule has 0 aliphatic heterocycles. The van der Waals surface area contributed by atoms with Crippen LogP contribution in [-0.4, -0.2) is 19.0 Å². The molecule has 0 aromatic rings. The molecule has 0 amide bonds. The topological polar surface area (TPSA) is 66.4 Å². The number of carboxylic acids is 1. The molecular weight excluding hydrogens is 285 g/mol. The van der Waals surface area contributed by atoms with Gasteiger partial charge in [0, 0.05) is 38.7 Å². The second-order valence-electron chi connectivity index (χ2n) is 3.46. The van der Waals surface area contributed by atoms with Gasteiger partial charge in [0.1, 0.15) is 0 Å². The van der Waals surface area contributed by atoms with Crippen LogP contribution in [0.4, 0.5) is 0 Å². The Balaban J connectivity index is -0.000000200. The van der Waals surface area contributed by atoms with Crippen LogP contribution < -0.4 is 5.11 Å². The summed E-state index contributed by atoms with van der Waals surface area (Å²) in [4.78, 5) is 20.3. The van der Waals surface area contributed by atoms with Gasteiger partial charge in [-0.05, 0) is 18.8 Å². The Bertz CT molecular complexity index is 194. The summed E-state index contributed by atoms with van der Waals surface area (Å²) < 4.78 is 4.46. The standard InChI is InChI=1S/C6H12O2.C5H10O2.Y/c1-4-5(2)6(7)8-3;1-3-4(2)5(6)7;/h5H,4H2,1-3H3;4H,3H2,1-2H3,(H,6,7);/p-1. The van der Waals surface area contributed by atoms with Gasteiger partial charge in [0.2, 0.25) is 0 Å². The van der Waals surface area contributed by atoms with Crippen LogP contribution in [0.25, 0.3) is 0 Å². The first-order chi connectivity index (χ1) is 6.90. The van der Waals surface area contributed by atoms with Crippen molar-refractivity contribution in [2.24, 2.45) is 11.8 Å². The third-order valence-corrected chi connectivity index (χ3v) is 2.23. The molecule has 1 radical (unpaired) electrons. The van der Waals surface area contributed by atoms with E-state index in [-0.39, 0.29) is 50.5 Å². The Labute approximate surface area is 123 Å². The molecule has 0 aromatic carbocycles. The summed E-state index contributed by atoms with van der Waals surface area (Å²) in [6.45, 7) is 7.27. The SMILES string of the molecule is CCC(C)C(=O)OC.CCC(C)C(=O)[O-].[Y]. The third kappa shape index (κ3) is 12.1. The zero-order valence-corrected chi connectivity index (χ0v) is 13.6. The van der Waals surface area contributed by atoms with E-state index >= 15 is 0 Å². The van der Waals surface area contributed by atoms with Gasteiger partial charge in [-0.2, -0.15) is 0 Å². The zero-order chi connectivity index (χ0) is 12.4. The Morgan fingerprint density at radius 2 is 1.50 bits per heavy atom. The summed E-state index contributed by atoms with van der Waals surface area (Å²) in [5.41, 5.74) is 0. The molecule has 0 aliphatic carbocycles. The van der Waals surface area contributed by atoms with Crippen molar-refractivity contribution in [3.05, 3.63) is 0 Å². The van der Waals surface area contributed by atoms with Crippen molar-refractivity contribution < 1.29 is 52.1 Å². The molecule has 0 aliphatic rings. The smallest absolute Gasteiger partial charge is 0.308 e. The van der Waals surface area contributed by atoms with E-state index in [9.17, 15) is 14.7 Å². The molecule has 5 heteroatoms. The molecule has 0 fully saturated rings. The first kappa shape index (κ1) is 21.3. The number of hydrogen-bond donors (Lipinski definition) is 0. The van der Waals surface area contributed by atoms with Crippen LogP contribution in [0.1, 0.15) is 40.5 Å². The van der Waals surface area contributed by atoms with Crippen molar-refractivity contribution in [1.82, 2.24) is 0 Å². The molecule has 93 valence electrons. The molecule has 2 atom stereocenters. The maximum absolute atomic E-state index is 10.5. The summed E-state index contributed by atoms with van der Waals surface area (Å²) in [7, 11) is 1.41. The number of methoxy groups -OCH3 is 1. The fourth-order valence-electron chi connectivity index (χ4n) is 0.535. The van der Waals surface area contributed by atoms with Gasteiger partial charge in [0.05, 0.1) is 13.0 Å². The van der Waals surface area contributed by atoms with E-state index < -0.39 is 5.97 Å². The summed E-state index contributed by atoms with van der Waals surface area (Å²) in [6.07, 6.45) is 1.51. The number of carbonyl (C=O) groups is 2. The molecule has 0 aromatic heterocycles. The Morgan fingerprint density at radius 1 is 1.12 bits per heavy atom. The van der Waals surface area contributed by atoms with Crippen LogP contribution in [0.3, 0.4) is 0 Å². The largest absolute Gasteiger partial charge is 0.550 e. The maximum Gasteiger partial charge on any atom is 0.308 e. The quantitative estimate of drug-likeness (QED) is 0.726. The van der Waals surface area contributed by atoms with E-state index in [4.69, 9.17) is 0 Å². The normalized spacial score (nSPS) is 12.3. The van der Waals surface area contributed by atoms with Crippen LogP contribution in [0.2, 0.25) is 0 Å². The average molecular weight is 306 g/mol. The van der Waals surface area contributed by atoms with E-state index in [0.29, 0.717) is 6.42 Å². The first-order valence-corrected chi connectivity index (χ1v) is 5.19. The van der Waals surface area contributed by atoms with Gasteiger partial charge >= 0.3 is 5.97 Å². The van der Waals surface area contributed by atoms with Gasteiger partial charge in [-0.15, -0.1) is 0 Å². The number of carbonyl (C=O) groups excluding carboxylic acids is 2. The molecule has 0 saturated heterocycles. The molecule has 0 saturated carbocycles. The molecule has 0 spiro atoms. The van der Waals surface area contributed by atoms with Crippen LogP contribution in [0, 0.1) is 11.8 Å². The van der Waals surface area contributed by atoms with Gasteiger partial charge in [0.25, 0.3) is 0 Å². The number of ether oxygens (including phenoxy) is 1. The second-order valence-corrected chi connectivity index (χ2v) is 3.46. The van der Waals surface area contributed by atoms with Crippen molar-refractivity contribution in [3.8, 4) is 0 Å². The van der Waals surface area contributed by atoms with Crippen LogP contribution in [-0.2, 0) is 47.0 Å². The summed E-state index contributed by atoms with van der Waals surface area (Å²) in [5.74, 6) is -1.31. The van der Waals surface area contributed by atoms with E-state index in [1.807, 2.05) is 20.8 Å². The number of rotatable bonds is 4. The number of hydrogen-bond acceptors (Lipinski definition) is 4. The third-order valence-electron chi connectivity index (χ3n) is 2.23. The monoisotopic (exact) mass is 306 g/mol. The van der Waals surface area contributed by atoms with Gasteiger partial charge in [0.15, 0.2) is 0 Å². The Morgan fingerprint density at radius 3 is 1.56 bits per heavy atom. The van der Waals surface area contributed by atoms with Gasteiger partial charge in [-0.3, -0.25) is 4.79 Å². The van der Waals surface area contributed by atoms with Crippen LogP contribution >= 0.6 is 0 Å². The van der Waals surface area contributed by atoms with Crippen molar-refractivity contribution in [2.45, 2.75) is 40.5 Å². The van der Waals surface area contributed by atoms with E-state index in [2.05, 4.69) is 4.74 Å². The summed E-state index contributed by atoms with van der Waals surface area (Å²) in [5, 5.41) is 9.82. The Hall–Kier alpha value is 0.0439. The van der Waals surface area contributed by atoms with Crippen LogP contribution in [0.5, 0.6) is 0 Å². The van der Waals surface area contributed by atoms with Crippen molar-refractivity contribution in [3.63, 3.8) is 0 Å². The first-order valence-electron chi connectivity index (χ1n) is 5.19. The van der Waals surface area contributed by atoms with Gasteiger partial charge in [-0.25, -0.2) is 0 Å². The number of aliphatic carboxylic acids is 1. The molecule has 16 heavy (non-hydrogen) atoms. The minimum atomic E-state index is -0.956. The molecule has 0 bridgehead atoms. The van der Waals surface area contributed by atoms with Crippen molar-refractivity contribution >= 4 is 11.9 Å².